The van der Waals surface area contributed by atoms with Crippen molar-refractivity contribution in [3.63, 3.8) is 0 Å². The van der Waals surface area contributed by atoms with Gasteiger partial charge in [0.25, 0.3) is 0 Å². The SMILES string of the molecule is Fc1c(N(c2ccccc2)c2ccccc2)c(N(c2ccccc2)c2ccccc2)c(F)c(N(c2ccccc2)c2ccccc2)c1N(c1ccccc1)c1ccccc1. The first-order valence-corrected chi connectivity index (χ1v) is 19.8. The lowest BCUT2D eigenvalue weighted by Gasteiger charge is -2.39. The Kier molecular flexibility index (Phi) is 10.8. The second-order valence-corrected chi connectivity index (χ2v) is 14.0. The van der Waals surface area contributed by atoms with Crippen LogP contribution in [0.15, 0.2) is 243 Å². The van der Waals surface area contributed by atoms with Crippen LogP contribution in [0.25, 0.3) is 0 Å². The Hall–Kier alpha value is -7.96. The third-order valence-electron chi connectivity index (χ3n) is 10.3. The van der Waals surface area contributed by atoms with Crippen molar-refractivity contribution < 1.29 is 8.78 Å². The van der Waals surface area contributed by atoms with Gasteiger partial charge in [-0.15, -0.1) is 0 Å². The van der Waals surface area contributed by atoms with E-state index in [2.05, 4.69) is 0 Å². The highest BCUT2D eigenvalue weighted by Gasteiger charge is 2.38. The van der Waals surface area contributed by atoms with Crippen molar-refractivity contribution in [2.75, 3.05) is 19.6 Å². The van der Waals surface area contributed by atoms with Crippen LogP contribution >= 0.6 is 0 Å². The van der Waals surface area contributed by atoms with E-state index in [1.807, 2.05) is 262 Å². The fraction of sp³-hybridized carbons (Fsp3) is 0. The second kappa shape index (κ2) is 17.3. The number of benzene rings is 9. The summed E-state index contributed by atoms with van der Waals surface area (Å²) < 4.78 is 39.4. The van der Waals surface area contributed by atoms with Crippen LogP contribution < -0.4 is 19.6 Å². The van der Waals surface area contributed by atoms with Gasteiger partial charge >= 0.3 is 0 Å². The molecule has 0 unspecified atom stereocenters. The maximum Gasteiger partial charge on any atom is 0.175 e. The Balaban J connectivity index is 1.53. The lowest BCUT2D eigenvalue weighted by Crippen LogP contribution is -2.25. The van der Waals surface area contributed by atoms with Crippen LogP contribution in [0.4, 0.5) is 77.0 Å². The molecule has 0 aromatic heterocycles. The quantitative estimate of drug-likeness (QED) is 0.122. The summed E-state index contributed by atoms with van der Waals surface area (Å²) in [6.45, 7) is 0. The van der Waals surface area contributed by atoms with Gasteiger partial charge in [-0.25, -0.2) is 8.78 Å². The molecule has 0 amide bonds. The Bertz CT molecular complexity index is 2220. The monoisotopic (exact) mass is 782 g/mol. The summed E-state index contributed by atoms with van der Waals surface area (Å²) in [5, 5.41) is 0. The van der Waals surface area contributed by atoms with Gasteiger partial charge in [0.05, 0.1) is 0 Å². The standard InChI is InChI=1S/C54H40F2N4/c55-49-51(57(41-25-9-1-10-26-41)42-27-11-2-12-28-42)52(58(43-29-13-3-14-30-43)44-31-15-4-16-32-44)50(56)54(60(47-37-21-7-22-38-47)48-39-23-8-24-40-48)53(49)59(45-33-17-5-18-34-45)46-35-19-6-20-36-46/h1-40H. The summed E-state index contributed by atoms with van der Waals surface area (Å²) in [5.41, 5.74) is 5.29. The van der Waals surface area contributed by atoms with Gasteiger partial charge in [-0.05, 0) is 97.1 Å². The van der Waals surface area contributed by atoms with E-state index in [-0.39, 0.29) is 22.7 Å². The maximum absolute atomic E-state index is 19.7. The summed E-state index contributed by atoms with van der Waals surface area (Å²) in [5.74, 6) is -1.29. The van der Waals surface area contributed by atoms with E-state index >= 15 is 8.78 Å². The van der Waals surface area contributed by atoms with Crippen LogP contribution in [-0.2, 0) is 0 Å². The topological polar surface area (TPSA) is 13.0 Å². The molecule has 60 heavy (non-hydrogen) atoms. The fourth-order valence-corrected chi connectivity index (χ4v) is 7.70. The number of rotatable bonds is 12. The molecule has 0 saturated heterocycles. The van der Waals surface area contributed by atoms with Gasteiger partial charge in [0.1, 0.15) is 22.7 Å². The molecule has 4 nitrogen and oxygen atoms in total. The van der Waals surface area contributed by atoms with E-state index in [4.69, 9.17) is 0 Å². The van der Waals surface area contributed by atoms with Crippen molar-refractivity contribution in [2.45, 2.75) is 0 Å². The zero-order valence-corrected chi connectivity index (χ0v) is 32.6. The molecule has 0 radical (unpaired) electrons. The lowest BCUT2D eigenvalue weighted by atomic mass is 10.0. The van der Waals surface area contributed by atoms with Crippen LogP contribution in [0, 0.1) is 11.6 Å². The number of para-hydroxylation sites is 8. The summed E-state index contributed by atoms with van der Waals surface area (Å²) in [4.78, 5) is 7.29. The zero-order valence-electron chi connectivity index (χ0n) is 32.6. The third-order valence-corrected chi connectivity index (χ3v) is 10.3. The Labute approximate surface area is 349 Å². The molecule has 6 heteroatoms. The van der Waals surface area contributed by atoms with Crippen LogP contribution in [0.5, 0.6) is 0 Å². The number of hydrogen-bond acceptors (Lipinski definition) is 4. The van der Waals surface area contributed by atoms with E-state index in [9.17, 15) is 0 Å². The average molecular weight is 783 g/mol. The molecule has 0 aliphatic heterocycles. The molecule has 0 bridgehead atoms. The van der Waals surface area contributed by atoms with Crippen LogP contribution in [0.3, 0.4) is 0 Å². The van der Waals surface area contributed by atoms with Crippen molar-refractivity contribution in [3.05, 3.63) is 254 Å². The highest BCUT2D eigenvalue weighted by Crippen LogP contribution is 2.58. The van der Waals surface area contributed by atoms with Crippen LogP contribution in [0.2, 0.25) is 0 Å². The van der Waals surface area contributed by atoms with Gasteiger partial charge in [0.2, 0.25) is 0 Å². The number of nitrogens with zero attached hydrogens (tertiary/aromatic N) is 4. The molecular weight excluding hydrogens is 743 g/mol. The van der Waals surface area contributed by atoms with Crippen molar-refractivity contribution in [1.82, 2.24) is 0 Å². The van der Waals surface area contributed by atoms with E-state index in [1.54, 1.807) is 0 Å². The Morgan fingerprint density at radius 2 is 0.300 bits per heavy atom. The van der Waals surface area contributed by atoms with Crippen LogP contribution in [-0.4, -0.2) is 0 Å². The van der Waals surface area contributed by atoms with Gasteiger partial charge < -0.3 is 19.6 Å². The van der Waals surface area contributed by atoms with Crippen molar-refractivity contribution in [2.24, 2.45) is 0 Å². The first kappa shape index (κ1) is 37.6. The molecule has 0 atom stereocenters. The smallest absolute Gasteiger partial charge is 0.175 e. The molecule has 0 aliphatic rings. The number of halogens is 2. The summed E-state index contributed by atoms with van der Waals surface area (Å²) >= 11 is 0. The average Bonchev–Trinajstić information content (AvgIpc) is 3.32. The molecule has 0 heterocycles. The highest BCUT2D eigenvalue weighted by molar-refractivity contribution is 6.02. The van der Waals surface area contributed by atoms with Crippen molar-refractivity contribution in [1.29, 1.82) is 0 Å². The lowest BCUT2D eigenvalue weighted by molar-refractivity contribution is 0.604. The number of anilines is 12. The molecule has 0 spiro atoms. The number of hydrogen-bond donors (Lipinski definition) is 0. The minimum Gasteiger partial charge on any atom is -0.306 e. The third kappa shape index (κ3) is 7.34. The molecule has 0 saturated carbocycles. The van der Waals surface area contributed by atoms with E-state index in [0.29, 0.717) is 45.5 Å². The van der Waals surface area contributed by atoms with Crippen LogP contribution in [0.1, 0.15) is 0 Å². The van der Waals surface area contributed by atoms with E-state index < -0.39 is 11.6 Å². The molecule has 9 aromatic rings. The molecule has 9 rings (SSSR count). The minimum atomic E-state index is -0.643. The van der Waals surface area contributed by atoms with Gasteiger partial charge in [-0.2, -0.15) is 0 Å². The molecule has 9 aromatic carbocycles. The molecule has 0 aliphatic carbocycles. The van der Waals surface area contributed by atoms with Crippen molar-refractivity contribution >= 4 is 68.2 Å². The minimum absolute atomic E-state index is 0.0225. The van der Waals surface area contributed by atoms with E-state index in [1.165, 1.54) is 0 Å². The predicted octanol–water partition coefficient (Wildman–Crippen LogP) is 15.8. The largest absolute Gasteiger partial charge is 0.306 e. The van der Waals surface area contributed by atoms with E-state index in [0.717, 1.165) is 0 Å². The highest BCUT2D eigenvalue weighted by atomic mass is 19.1. The maximum atomic E-state index is 19.7. The summed E-state index contributed by atoms with van der Waals surface area (Å²) in [6.07, 6.45) is 0. The van der Waals surface area contributed by atoms with Gasteiger partial charge in [0.15, 0.2) is 11.6 Å². The molecule has 290 valence electrons. The first-order valence-electron chi connectivity index (χ1n) is 19.8. The molecule has 0 fully saturated rings. The van der Waals surface area contributed by atoms with Crippen molar-refractivity contribution in [3.8, 4) is 0 Å². The Morgan fingerprint density at radius 1 is 0.183 bits per heavy atom. The fourth-order valence-electron chi connectivity index (χ4n) is 7.70. The molecule has 0 N–H and O–H groups in total. The van der Waals surface area contributed by atoms with Gasteiger partial charge in [-0.3, -0.25) is 0 Å². The zero-order chi connectivity index (χ0) is 40.7. The van der Waals surface area contributed by atoms with Gasteiger partial charge in [-0.1, -0.05) is 146 Å². The first-order chi connectivity index (χ1) is 29.7. The second-order valence-electron chi connectivity index (χ2n) is 14.0. The Morgan fingerprint density at radius 3 is 0.417 bits per heavy atom. The predicted molar refractivity (Wildman–Crippen MR) is 245 cm³/mol. The van der Waals surface area contributed by atoms with Gasteiger partial charge in [0, 0.05) is 45.5 Å². The summed E-state index contributed by atoms with van der Waals surface area (Å²) in [6, 6.07) is 76.6. The normalized spacial score (nSPS) is 10.8. The molecular formula is C54H40F2N4. The summed E-state index contributed by atoms with van der Waals surface area (Å²) in [7, 11) is 0.